The summed E-state index contributed by atoms with van der Waals surface area (Å²) in [5, 5.41) is 17.2. The molecule has 0 saturated carbocycles. The number of nitro groups is 1. The van der Waals surface area contributed by atoms with Crippen LogP contribution in [-0.2, 0) is 0 Å². The number of benzene rings is 1. The minimum absolute atomic E-state index is 0.0449. The van der Waals surface area contributed by atoms with Gasteiger partial charge in [0, 0.05) is 17.8 Å². The number of likely N-dealkylation sites (N-methyl/N-ethyl adjacent to an activating group) is 1. The summed E-state index contributed by atoms with van der Waals surface area (Å²) in [6.45, 7) is 0.606. The number of nitrogens with zero attached hydrogens (tertiary/aromatic N) is 1. The molecule has 1 aromatic heterocycles. The number of nitrogens with one attached hydrogen (secondary N) is 3. The predicted molar refractivity (Wildman–Crippen MR) is 91.6 cm³/mol. The van der Waals surface area contributed by atoms with Crippen LogP contribution in [0, 0.1) is 10.1 Å². The summed E-state index contributed by atoms with van der Waals surface area (Å²) in [6, 6.07) is 10.0. The fourth-order valence-corrected chi connectivity index (χ4v) is 2.32. The SMILES string of the molecule is C[NH+](C)[C@@H](CNC(=S)Nc1ccc([N+](=O)[O-])cc1)c1ccco1. The number of thiocarbonyl (C=S) groups is 1. The lowest BCUT2D eigenvalue weighted by molar-refractivity contribution is -0.891. The van der Waals surface area contributed by atoms with Crippen LogP contribution in [0.4, 0.5) is 11.4 Å². The van der Waals surface area contributed by atoms with E-state index in [0.717, 1.165) is 5.76 Å². The van der Waals surface area contributed by atoms with Gasteiger partial charge in [0.1, 0.15) is 0 Å². The topological polar surface area (TPSA) is 84.8 Å². The maximum atomic E-state index is 10.6. The molecule has 1 aromatic carbocycles. The molecule has 1 heterocycles. The van der Waals surface area contributed by atoms with Crippen LogP contribution in [0.15, 0.2) is 47.1 Å². The van der Waals surface area contributed by atoms with Crippen LogP contribution in [0.25, 0.3) is 0 Å². The summed E-state index contributed by atoms with van der Waals surface area (Å²) in [5.41, 5.74) is 0.739. The molecule has 23 heavy (non-hydrogen) atoms. The Kier molecular flexibility index (Phi) is 5.67. The zero-order chi connectivity index (χ0) is 16.8. The molecule has 0 fully saturated rings. The van der Waals surface area contributed by atoms with Crippen molar-refractivity contribution in [2.24, 2.45) is 0 Å². The maximum absolute atomic E-state index is 10.6. The number of quaternary nitrogens is 1. The average molecular weight is 335 g/mol. The van der Waals surface area contributed by atoms with Gasteiger partial charge in [-0.2, -0.15) is 0 Å². The quantitative estimate of drug-likeness (QED) is 0.420. The molecule has 0 unspecified atom stereocenters. The molecule has 0 amide bonds. The van der Waals surface area contributed by atoms with Gasteiger partial charge in [-0.05, 0) is 36.5 Å². The van der Waals surface area contributed by atoms with Gasteiger partial charge in [0.2, 0.25) is 0 Å². The van der Waals surface area contributed by atoms with Crippen LogP contribution >= 0.6 is 12.2 Å². The smallest absolute Gasteiger partial charge is 0.269 e. The predicted octanol–water partition coefficient (Wildman–Crippen LogP) is 1.36. The van der Waals surface area contributed by atoms with Gasteiger partial charge in [-0.1, -0.05) is 0 Å². The lowest BCUT2D eigenvalue weighted by Gasteiger charge is -2.20. The molecule has 0 saturated heterocycles. The largest absolute Gasteiger partial charge is 0.463 e. The second-order valence-electron chi connectivity index (χ2n) is 5.28. The zero-order valence-electron chi connectivity index (χ0n) is 12.9. The Morgan fingerprint density at radius 1 is 1.35 bits per heavy atom. The highest BCUT2D eigenvalue weighted by Crippen LogP contribution is 2.15. The minimum atomic E-state index is -0.436. The summed E-state index contributed by atoms with van der Waals surface area (Å²) in [6.07, 6.45) is 1.65. The highest BCUT2D eigenvalue weighted by molar-refractivity contribution is 7.80. The molecule has 2 rings (SSSR count). The third-order valence-electron chi connectivity index (χ3n) is 3.39. The van der Waals surface area contributed by atoms with Gasteiger partial charge in [0.25, 0.3) is 5.69 Å². The second-order valence-corrected chi connectivity index (χ2v) is 5.69. The fourth-order valence-electron chi connectivity index (χ4n) is 2.12. The molecule has 3 N–H and O–H groups in total. The van der Waals surface area contributed by atoms with Crippen LogP contribution < -0.4 is 15.5 Å². The lowest BCUT2D eigenvalue weighted by atomic mass is 10.2. The number of nitro benzene ring substituents is 1. The first kappa shape index (κ1) is 16.9. The van der Waals surface area contributed by atoms with E-state index in [1.165, 1.54) is 17.0 Å². The Morgan fingerprint density at radius 2 is 2.04 bits per heavy atom. The van der Waals surface area contributed by atoms with E-state index < -0.39 is 4.92 Å². The monoisotopic (exact) mass is 335 g/mol. The molecular formula is C15H19N4O3S+. The summed E-state index contributed by atoms with van der Waals surface area (Å²) in [5.74, 6) is 0.885. The van der Waals surface area contributed by atoms with Crippen molar-refractivity contribution >= 4 is 28.7 Å². The van der Waals surface area contributed by atoms with E-state index in [0.29, 0.717) is 17.3 Å². The number of non-ortho nitro benzene ring substituents is 1. The van der Waals surface area contributed by atoms with Crippen LogP contribution in [0.5, 0.6) is 0 Å². The molecule has 2 aromatic rings. The molecule has 0 aliphatic rings. The van der Waals surface area contributed by atoms with Gasteiger partial charge in [0.05, 0.1) is 31.8 Å². The Bertz CT molecular complexity index is 656. The number of hydrogen-bond donors (Lipinski definition) is 3. The first-order valence-electron chi connectivity index (χ1n) is 7.10. The van der Waals surface area contributed by atoms with Gasteiger partial charge in [-0.15, -0.1) is 0 Å². The highest BCUT2D eigenvalue weighted by atomic mass is 32.1. The average Bonchev–Trinajstić information content (AvgIpc) is 3.01. The summed E-state index contributed by atoms with van der Waals surface area (Å²) < 4.78 is 5.45. The molecule has 8 heteroatoms. The van der Waals surface area contributed by atoms with Crippen molar-refractivity contribution < 1.29 is 14.2 Å². The lowest BCUT2D eigenvalue weighted by Crippen LogP contribution is -3.07. The van der Waals surface area contributed by atoms with Gasteiger partial charge >= 0.3 is 0 Å². The molecular weight excluding hydrogens is 316 g/mol. The normalized spacial score (nSPS) is 12.0. The third-order valence-corrected chi connectivity index (χ3v) is 3.63. The minimum Gasteiger partial charge on any atom is -0.463 e. The summed E-state index contributed by atoms with van der Waals surface area (Å²) in [7, 11) is 4.09. The van der Waals surface area contributed by atoms with E-state index in [2.05, 4.69) is 10.6 Å². The van der Waals surface area contributed by atoms with Crippen molar-refractivity contribution in [2.75, 3.05) is 26.0 Å². The summed E-state index contributed by atoms with van der Waals surface area (Å²) in [4.78, 5) is 11.4. The van der Waals surface area contributed by atoms with Crippen molar-refractivity contribution in [3.8, 4) is 0 Å². The Hall–Kier alpha value is -2.45. The molecule has 122 valence electrons. The van der Waals surface area contributed by atoms with E-state index in [1.807, 2.05) is 26.2 Å². The number of furan rings is 1. The number of anilines is 1. The van der Waals surface area contributed by atoms with E-state index >= 15 is 0 Å². The van der Waals surface area contributed by atoms with Gasteiger partial charge in [0.15, 0.2) is 16.9 Å². The maximum Gasteiger partial charge on any atom is 0.269 e. The third kappa shape index (κ3) is 4.76. The standard InChI is InChI=1S/C15H18N4O3S/c1-18(2)13(14-4-3-9-22-14)10-16-15(23)17-11-5-7-12(8-6-11)19(20)21/h3-9,13H,10H2,1-2H3,(H2,16,17,23)/p+1/t13-/m0/s1. The van der Waals surface area contributed by atoms with E-state index in [4.69, 9.17) is 16.6 Å². The van der Waals surface area contributed by atoms with Crippen LogP contribution in [0.3, 0.4) is 0 Å². The summed E-state index contributed by atoms with van der Waals surface area (Å²) >= 11 is 5.26. The van der Waals surface area contributed by atoms with Crippen molar-refractivity contribution in [3.63, 3.8) is 0 Å². The molecule has 0 spiro atoms. The Morgan fingerprint density at radius 3 is 2.57 bits per heavy atom. The molecule has 0 aliphatic heterocycles. The Labute approximate surface area is 139 Å². The first-order valence-corrected chi connectivity index (χ1v) is 7.51. The zero-order valence-corrected chi connectivity index (χ0v) is 13.7. The van der Waals surface area contributed by atoms with Crippen molar-refractivity contribution in [1.29, 1.82) is 0 Å². The number of hydrogen-bond acceptors (Lipinski definition) is 4. The van der Waals surface area contributed by atoms with Crippen LogP contribution in [0.2, 0.25) is 0 Å². The first-order chi connectivity index (χ1) is 11.0. The molecule has 0 bridgehead atoms. The highest BCUT2D eigenvalue weighted by Gasteiger charge is 2.20. The van der Waals surface area contributed by atoms with Crippen molar-refractivity contribution in [3.05, 3.63) is 58.5 Å². The van der Waals surface area contributed by atoms with Gasteiger partial charge < -0.3 is 20.0 Å². The Balaban J connectivity index is 1.90. The number of rotatable bonds is 6. The van der Waals surface area contributed by atoms with E-state index in [1.54, 1.807) is 18.4 Å². The fraction of sp³-hybridized carbons (Fsp3) is 0.267. The van der Waals surface area contributed by atoms with Crippen molar-refractivity contribution in [1.82, 2.24) is 5.32 Å². The van der Waals surface area contributed by atoms with Crippen LogP contribution in [0.1, 0.15) is 11.8 Å². The van der Waals surface area contributed by atoms with E-state index in [-0.39, 0.29) is 11.7 Å². The van der Waals surface area contributed by atoms with E-state index in [9.17, 15) is 10.1 Å². The molecule has 0 aliphatic carbocycles. The van der Waals surface area contributed by atoms with Gasteiger partial charge in [-0.25, -0.2) is 0 Å². The molecule has 7 nitrogen and oxygen atoms in total. The molecule has 1 atom stereocenters. The van der Waals surface area contributed by atoms with Gasteiger partial charge in [-0.3, -0.25) is 10.1 Å². The molecule has 0 radical (unpaired) electrons. The second kappa shape index (κ2) is 7.70. The van der Waals surface area contributed by atoms with Crippen LogP contribution in [-0.4, -0.2) is 30.7 Å². The van der Waals surface area contributed by atoms with Crippen molar-refractivity contribution in [2.45, 2.75) is 6.04 Å².